The summed E-state index contributed by atoms with van der Waals surface area (Å²) in [5, 5.41) is 3.30. The summed E-state index contributed by atoms with van der Waals surface area (Å²) in [5.41, 5.74) is -0.293. The Labute approximate surface area is 142 Å². The van der Waals surface area contributed by atoms with E-state index in [1.165, 1.54) is 0 Å². The number of rotatable bonds is 6. The zero-order valence-corrected chi connectivity index (χ0v) is 14.6. The molecule has 1 atom stereocenters. The summed E-state index contributed by atoms with van der Waals surface area (Å²) in [7, 11) is -3.29. The first-order valence-corrected chi connectivity index (χ1v) is 10.2. The average Bonchev–Trinajstić information content (AvgIpc) is 2.89. The third kappa shape index (κ3) is 3.87. The lowest BCUT2D eigenvalue weighted by Gasteiger charge is -2.50. The summed E-state index contributed by atoms with van der Waals surface area (Å²) in [6.07, 6.45) is 4.74. The molecule has 3 heterocycles. The molecule has 1 unspecified atom stereocenters. The first-order chi connectivity index (χ1) is 11.4. The van der Waals surface area contributed by atoms with Gasteiger partial charge in [-0.1, -0.05) is 6.07 Å². The fourth-order valence-corrected chi connectivity index (χ4v) is 4.11. The van der Waals surface area contributed by atoms with Gasteiger partial charge in [0.15, 0.2) is 9.84 Å². The SMILES string of the molecule is CS(=O)(=O)CC(=O)N1CC2(C1)OCCC2CCNc1ccccn1. The number of hydrogen-bond donors (Lipinski definition) is 1. The molecule has 0 radical (unpaired) electrons. The van der Waals surface area contributed by atoms with Gasteiger partial charge in [0.1, 0.15) is 17.2 Å². The summed E-state index contributed by atoms with van der Waals surface area (Å²) in [6, 6.07) is 5.74. The van der Waals surface area contributed by atoms with E-state index in [1.807, 2.05) is 18.2 Å². The van der Waals surface area contributed by atoms with Crippen LogP contribution in [-0.4, -0.2) is 68.1 Å². The Morgan fingerprint density at radius 3 is 2.92 bits per heavy atom. The van der Waals surface area contributed by atoms with Crippen molar-refractivity contribution in [2.75, 3.05) is 43.6 Å². The lowest BCUT2D eigenvalue weighted by Crippen LogP contribution is -2.66. The van der Waals surface area contributed by atoms with Crippen LogP contribution in [0.25, 0.3) is 0 Å². The molecule has 2 saturated heterocycles. The normalized spacial score (nSPS) is 22.4. The van der Waals surface area contributed by atoms with Gasteiger partial charge in [-0.05, 0) is 30.9 Å². The second-order valence-corrected chi connectivity index (χ2v) is 8.79. The largest absolute Gasteiger partial charge is 0.371 e. The third-order valence-corrected chi connectivity index (χ3v) is 5.49. The number of carbonyl (C=O) groups is 1. The van der Waals surface area contributed by atoms with Gasteiger partial charge >= 0.3 is 0 Å². The van der Waals surface area contributed by atoms with Crippen LogP contribution in [0.5, 0.6) is 0 Å². The molecule has 2 aliphatic heterocycles. The van der Waals surface area contributed by atoms with Gasteiger partial charge in [-0.15, -0.1) is 0 Å². The number of sulfone groups is 1. The van der Waals surface area contributed by atoms with Gasteiger partial charge in [-0.2, -0.15) is 0 Å². The standard InChI is InChI=1S/C16H23N3O4S/c1-24(21,22)10-15(20)19-11-16(12-19)13(6-9-23-16)5-8-18-14-4-2-3-7-17-14/h2-4,7,13H,5-6,8-12H2,1H3,(H,17,18). The summed E-state index contributed by atoms with van der Waals surface area (Å²) in [4.78, 5) is 17.8. The van der Waals surface area contributed by atoms with E-state index >= 15 is 0 Å². The summed E-state index contributed by atoms with van der Waals surface area (Å²) >= 11 is 0. The molecule has 1 aromatic rings. The van der Waals surface area contributed by atoms with Gasteiger partial charge in [0.2, 0.25) is 5.91 Å². The van der Waals surface area contributed by atoms with Gasteiger partial charge in [-0.3, -0.25) is 4.79 Å². The van der Waals surface area contributed by atoms with Crippen LogP contribution in [0.3, 0.4) is 0 Å². The van der Waals surface area contributed by atoms with Crippen molar-refractivity contribution in [3.05, 3.63) is 24.4 Å². The predicted octanol–water partition coefficient (Wildman–Crippen LogP) is 0.546. The Morgan fingerprint density at radius 1 is 1.46 bits per heavy atom. The van der Waals surface area contributed by atoms with Crippen molar-refractivity contribution in [3.63, 3.8) is 0 Å². The number of nitrogens with one attached hydrogen (secondary N) is 1. The number of anilines is 1. The van der Waals surface area contributed by atoms with Gasteiger partial charge in [0.25, 0.3) is 0 Å². The Kier molecular flexibility index (Phi) is 4.78. The molecule has 1 N–H and O–H groups in total. The van der Waals surface area contributed by atoms with E-state index < -0.39 is 15.6 Å². The van der Waals surface area contributed by atoms with Crippen molar-refractivity contribution in [3.8, 4) is 0 Å². The minimum Gasteiger partial charge on any atom is -0.371 e. The maximum absolute atomic E-state index is 12.0. The van der Waals surface area contributed by atoms with Crippen molar-refractivity contribution in [2.24, 2.45) is 5.92 Å². The van der Waals surface area contributed by atoms with Gasteiger partial charge in [0.05, 0.1) is 13.1 Å². The highest BCUT2D eigenvalue weighted by Crippen LogP contribution is 2.41. The lowest BCUT2D eigenvalue weighted by atomic mass is 9.79. The molecular formula is C16H23N3O4S. The van der Waals surface area contributed by atoms with E-state index in [0.29, 0.717) is 25.6 Å². The molecule has 2 aliphatic rings. The highest BCUT2D eigenvalue weighted by atomic mass is 32.2. The number of pyridine rings is 1. The van der Waals surface area contributed by atoms with Crippen molar-refractivity contribution in [1.82, 2.24) is 9.88 Å². The minimum absolute atomic E-state index is 0.293. The van der Waals surface area contributed by atoms with E-state index in [1.54, 1.807) is 11.1 Å². The number of aromatic nitrogens is 1. The Bertz CT molecular complexity index is 687. The van der Waals surface area contributed by atoms with Crippen LogP contribution in [-0.2, 0) is 19.4 Å². The maximum atomic E-state index is 12.0. The van der Waals surface area contributed by atoms with E-state index in [9.17, 15) is 13.2 Å². The molecule has 1 spiro atoms. The van der Waals surface area contributed by atoms with E-state index in [0.717, 1.165) is 31.5 Å². The average molecular weight is 353 g/mol. The molecule has 3 rings (SSSR count). The number of hydrogen-bond acceptors (Lipinski definition) is 6. The smallest absolute Gasteiger partial charge is 0.237 e. The number of nitrogens with zero attached hydrogens (tertiary/aromatic N) is 2. The van der Waals surface area contributed by atoms with Crippen molar-refractivity contribution < 1.29 is 17.9 Å². The van der Waals surface area contributed by atoms with Crippen LogP contribution in [0.2, 0.25) is 0 Å². The zero-order chi connectivity index (χ0) is 17.2. The van der Waals surface area contributed by atoms with Crippen LogP contribution in [0.4, 0.5) is 5.82 Å². The fraction of sp³-hybridized carbons (Fsp3) is 0.625. The second-order valence-electron chi connectivity index (χ2n) is 6.65. The van der Waals surface area contributed by atoms with Gasteiger partial charge in [-0.25, -0.2) is 13.4 Å². The molecule has 0 bridgehead atoms. The van der Waals surface area contributed by atoms with Crippen LogP contribution >= 0.6 is 0 Å². The van der Waals surface area contributed by atoms with E-state index in [2.05, 4.69) is 10.3 Å². The number of likely N-dealkylation sites (tertiary alicyclic amines) is 1. The first-order valence-electron chi connectivity index (χ1n) is 8.12. The van der Waals surface area contributed by atoms with E-state index in [-0.39, 0.29) is 11.5 Å². The predicted molar refractivity (Wildman–Crippen MR) is 90.4 cm³/mol. The number of carbonyl (C=O) groups excluding carboxylic acids is 1. The molecule has 132 valence electrons. The molecule has 1 amide bonds. The Morgan fingerprint density at radius 2 is 2.25 bits per heavy atom. The first kappa shape index (κ1) is 17.2. The molecular weight excluding hydrogens is 330 g/mol. The monoisotopic (exact) mass is 353 g/mol. The molecule has 7 nitrogen and oxygen atoms in total. The quantitative estimate of drug-likeness (QED) is 0.803. The summed E-state index contributed by atoms with van der Waals surface area (Å²) < 4.78 is 28.4. The van der Waals surface area contributed by atoms with Crippen LogP contribution in [0.15, 0.2) is 24.4 Å². The molecule has 1 aromatic heterocycles. The molecule has 0 aliphatic carbocycles. The summed E-state index contributed by atoms with van der Waals surface area (Å²) in [6.45, 7) is 2.48. The number of amides is 1. The van der Waals surface area contributed by atoms with Gasteiger partial charge < -0.3 is 15.0 Å². The van der Waals surface area contributed by atoms with Crippen molar-refractivity contribution >= 4 is 21.6 Å². The van der Waals surface area contributed by atoms with Gasteiger partial charge in [0, 0.05) is 25.6 Å². The van der Waals surface area contributed by atoms with E-state index in [4.69, 9.17) is 4.74 Å². The lowest BCUT2D eigenvalue weighted by molar-refractivity contribution is -0.162. The fourth-order valence-electron chi connectivity index (χ4n) is 3.48. The second kappa shape index (κ2) is 6.68. The number of ether oxygens (including phenoxy) is 1. The van der Waals surface area contributed by atoms with Crippen LogP contribution in [0, 0.1) is 5.92 Å². The van der Waals surface area contributed by atoms with Crippen LogP contribution < -0.4 is 5.32 Å². The zero-order valence-electron chi connectivity index (χ0n) is 13.8. The van der Waals surface area contributed by atoms with Crippen molar-refractivity contribution in [1.29, 1.82) is 0 Å². The summed E-state index contributed by atoms with van der Waals surface area (Å²) in [5.74, 6) is 0.471. The molecule has 8 heteroatoms. The highest BCUT2D eigenvalue weighted by Gasteiger charge is 2.54. The topological polar surface area (TPSA) is 88.6 Å². The Balaban J connectivity index is 1.49. The minimum atomic E-state index is -3.29. The molecule has 0 aromatic carbocycles. The molecule has 2 fully saturated rings. The maximum Gasteiger partial charge on any atom is 0.237 e. The third-order valence-electron chi connectivity index (χ3n) is 4.72. The highest BCUT2D eigenvalue weighted by molar-refractivity contribution is 7.91. The Hall–Kier alpha value is -1.67. The van der Waals surface area contributed by atoms with Crippen molar-refractivity contribution in [2.45, 2.75) is 18.4 Å². The molecule has 24 heavy (non-hydrogen) atoms. The molecule has 0 saturated carbocycles. The van der Waals surface area contributed by atoms with Crippen LogP contribution in [0.1, 0.15) is 12.8 Å².